The molecule has 0 aliphatic carbocycles. The first-order valence-electron chi connectivity index (χ1n) is 7.60. The van der Waals surface area contributed by atoms with Crippen LogP contribution in [0.3, 0.4) is 0 Å². The molecule has 1 heterocycles. The molecule has 1 atom stereocenters. The highest BCUT2D eigenvalue weighted by Crippen LogP contribution is 2.38. The largest absolute Gasteiger partial charge is 0.343 e. The van der Waals surface area contributed by atoms with E-state index in [0.29, 0.717) is 5.02 Å². The summed E-state index contributed by atoms with van der Waals surface area (Å²) in [5, 5.41) is 3.06. The molecule has 6 heteroatoms. The molecule has 0 aromatic heterocycles. The second-order valence-corrected chi connectivity index (χ2v) is 7.00. The quantitative estimate of drug-likeness (QED) is 0.857. The minimum atomic E-state index is -0.377. The zero-order chi connectivity index (χ0) is 16.1. The average molecular weight is 341 g/mol. The number of hydrogen-bond acceptors (Lipinski definition) is 3. The Kier molecular flexibility index (Phi) is 6.15. The van der Waals surface area contributed by atoms with Crippen LogP contribution >= 0.6 is 23.4 Å². The third-order valence-electron chi connectivity index (χ3n) is 3.46. The summed E-state index contributed by atoms with van der Waals surface area (Å²) < 4.78 is 0. The lowest BCUT2D eigenvalue weighted by Gasteiger charge is -2.27. The van der Waals surface area contributed by atoms with Crippen molar-refractivity contribution < 1.29 is 9.59 Å². The van der Waals surface area contributed by atoms with Gasteiger partial charge in [0.1, 0.15) is 0 Å². The topological polar surface area (TPSA) is 49.4 Å². The number of amides is 2. The summed E-state index contributed by atoms with van der Waals surface area (Å²) in [5.74, 6) is -0.0742. The lowest BCUT2D eigenvalue weighted by molar-refractivity contribution is -0.132. The van der Waals surface area contributed by atoms with E-state index in [4.69, 9.17) is 11.6 Å². The zero-order valence-electron chi connectivity index (χ0n) is 12.9. The lowest BCUT2D eigenvalue weighted by Crippen LogP contribution is -2.38. The Balaban J connectivity index is 2.05. The summed E-state index contributed by atoms with van der Waals surface area (Å²) >= 11 is 7.37. The van der Waals surface area contributed by atoms with Crippen LogP contribution in [0.25, 0.3) is 0 Å². The Morgan fingerprint density at radius 1 is 1.32 bits per heavy atom. The van der Waals surface area contributed by atoms with Gasteiger partial charge in [0, 0.05) is 29.4 Å². The van der Waals surface area contributed by atoms with Crippen molar-refractivity contribution in [1.82, 2.24) is 4.90 Å². The van der Waals surface area contributed by atoms with Gasteiger partial charge in [-0.15, -0.1) is 11.8 Å². The fraction of sp³-hybridized carbons (Fsp3) is 0.500. The van der Waals surface area contributed by atoms with Gasteiger partial charge in [0.15, 0.2) is 0 Å². The summed E-state index contributed by atoms with van der Waals surface area (Å²) in [6.07, 6.45) is 2.09. The maximum absolute atomic E-state index is 12.4. The van der Waals surface area contributed by atoms with Crippen molar-refractivity contribution in [3.8, 4) is 0 Å². The van der Waals surface area contributed by atoms with Crippen molar-refractivity contribution in [3.05, 3.63) is 23.2 Å². The standard InChI is InChI=1S/C16H21ClN2O2S/c1-3-7-19(8-4-2)15(20)10-14-16(21)18-12-9-11(17)5-6-13(12)22-14/h5-6,9,14H,3-4,7-8,10H2,1-2H3,(H,18,21). The van der Waals surface area contributed by atoms with Crippen LogP contribution in [0.15, 0.2) is 23.1 Å². The van der Waals surface area contributed by atoms with Crippen molar-refractivity contribution >= 4 is 40.9 Å². The Morgan fingerprint density at radius 3 is 2.64 bits per heavy atom. The summed E-state index contributed by atoms with van der Waals surface area (Å²) in [6.45, 7) is 5.60. The van der Waals surface area contributed by atoms with Crippen LogP contribution in [0.1, 0.15) is 33.1 Å². The van der Waals surface area contributed by atoms with Gasteiger partial charge in [0.05, 0.1) is 10.9 Å². The van der Waals surface area contributed by atoms with Gasteiger partial charge < -0.3 is 10.2 Å². The van der Waals surface area contributed by atoms with E-state index in [-0.39, 0.29) is 23.5 Å². The number of anilines is 1. The lowest BCUT2D eigenvalue weighted by atomic mass is 10.2. The summed E-state index contributed by atoms with van der Waals surface area (Å²) in [6, 6.07) is 5.42. The number of nitrogens with zero attached hydrogens (tertiary/aromatic N) is 1. The molecule has 0 radical (unpaired) electrons. The van der Waals surface area contributed by atoms with E-state index >= 15 is 0 Å². The van der Waals surface area contributed by atoms with Crippen LogP contribution < -0.4 is 5.32 Å². The molecule has 1 aliphatic rings. The second-order valence-electron chi connectivity index (χ2n) is 5.32. The molecule has 2 rings (SSSR count). The molecule has 0 fully saturated rings. The van der Waals surface area contributed by atoms with Gasteiger partial charge in [0.2, 0.25) is 11.8 Å². The van der Waals surface area contributed by atoms with E-state index in [1.165, 1.54) is 11.8 Å². The first-order valence-corrected chi connectivity index (χ1v) is 8.85. The van der Waals surface area contributed by atoms with Crippen LogP contribution in [0, 0.1) is 0 Å². The van der Waals surface area contributed by atoms with Crippen LogP contribution in [0.4, 0.5) is 5.69 Å². The molecule has 2 amide bonds. The molecule has 22 heavy (non-hydrogen) atoms. The Hall–Kier alpha value is -1.20. The van der Waals surface area contributed by atoms with Gasteiger partial charge >= 0.3 is 0 Å². The van der Waals surface area contributed by atoms with E-state index in [1.807, 2.05) is 11.0 Å². The van der Waals surface area contributed by atoms with Crippen molar-refractivity contribution in [2.75, 3.05) is 18.4 Å². The fourth-order valence-corrected chi connectivity index (χ4v) is 3.70. The molecule has 0 bridgehead atoms. The van der Waals surface area contributed by atoms with Crippen LogP contribution in [-0.2, 0) is 9.59 Å². The molecule has 1 aliphatic heterocycles. The molecule has 0 saturated carbocycles. The summed E-state index contributed by atoms with van der Waals surface area (Å²) in [7, 11) is 0. The Bertz CT molecular complexity index is 559. The molecule has 1 N–H and O–H groups in total. The second kappa shape index (κ2) is 7.88. The minimum absolute atomic E-state index is 0.0498. The molecular formula is C16H21ClN2O2S. The SMILES string of the molecule is CCCN(CCC)C(=O)CC1Sc2ccc(Cl)cc2NC1=O. The van der Waals surface area contributed by atoms with Gasteiger partial charge in [-0.2, -0.15) is 0 Å². The van der Waals surface area contributed by atoms with Gasteiger partial charge in [-0.25, -0.2) is 0 Å². The first-order chi connectivity index (χ1) is 10.5. The number of nitrogens with one attached hydrogen (secondary N) is 1. The van der Waals surface area contributed by atoms with E-state index in [0.717, 1.165) is 36.5 Å². The highest BCUT2D eigenvalue weighted by molar-refractivity contribution is 8.01. The smallest absolute Gasteiger partial charge is 0.238 e. The Morgan fingerprint density at radius 2 is 2.00 bits per heavy atom. The highest BCUT2D eigenvalue weighted by atomic mass is 35.5. The van der Waals surface area contributed by atoms with Crippen LogP contribution in [0.5, 0.6) is 0 Å². The maximum atomic E-state index is 12.4. The monoisotopic (exact) mass is 340 g/mol. The number of hydrogen-bond donors (Lipinski definition) is 1. The molecule has 0 saturated heterocycles. The van der Waals surface area contributed by atoms with Crippen LogP contribution in [0.2, 0.25) is 5.02 Å². The fourth-order valence-electron chi connectivity index (χ4n) is 2.45. The highest BCUT2D eigenvalue weighted by Gasteiger charge is 2.30. The van der Waals surface area contributed by atoms with Crippen molar-refractivity contribution in [2.24, 2.45) is 0 Å². The van der Waals surface area contributed by atoms with E-state index in [1.54, 1.807) is 12.1 Å². The first kappa shape index (κ1) is 17.2. The zero-order valence-corrected chi connectivity index (χ0v) is 14.5. The third-order valence-corrected chi connectivity index (χ3v) is 4.97. The number of benzene rings is 1. The van der Waals surface area contributed by atoms with Gasteiger partial charge in [-0.3, -0.25) is 9.59 Å². The molecular weight excluding hydrogens is 320 g/mol. The Labute approximate surface area is 140 Å². The number of carbonyl (C=O) groups excluding carboxylic acids is 2. The molecule has 4 nitrogen and oxygen atoms in total. The van der Waals surface area contributed by atoms with Crippen molar-refractivity contribution in [1.29, 1.82) is 0 Å². The van der Waals surface area contributed by atoms with Gasteiger partial charge in [0.25, 0.3) is 0 Å². The maximum Gasteiger partial charge on any atom is 0.238 e. The van der Waals surface area contributed by atoms with Gasteiger partial charge in [-0.1, -0.05) is 25.4 Å². The average Bonchev–Trinajstić information content (AvgIpc) is 2.48. The number of halogens is 1. The molecule has 1 aromatic rings. The normalized spacial score (nSPS) is 16.9. The molecule has 0 spiro atoms. The number of rotatable bonds is 6. The minimum Gasteiger partial charge on any atom is -0.343 e. The molecule has 1 aromatic carbocycles. The van der Waals surface area contributed by atoms with Crippen molar-refractivity contribution in [2.45, 2.75) is 43.3 Å². The number of carbonyl (C=O) groups is 2. The van der Waals surface area contributed by atoms with E-state index < -0.39 is 0 Å². The predicted octanol–water partition coefficient (Wildman–Crippen LogP) is 3.79. The summed E-state index contributed by atoms with van der Waals surface area (Å²) in [4.78, 5) is 27.4. The summed E-state index contributed by atoms with van der Waals surface area (Å²) in [5.41, 5.74) is 0.727. The molecule has 1 unspecified atom stereocenters. The third kappa shape index (κ3) is 4.17. The predicted molar refractivity (Wildman–Crippen MR) is 91.5 cm³/mol. The number of thioether (sulfide) groups is 1. The van der Waals surface area contributed by atoms with E-state index in [2.05, 4.69) is 19.2 Å². The van der Waals surface area contributed by atoms with Gasteiger partial charge in [-0.05, 0) is 31.0 Å². The van der Waals surface area contributed by atoms with E-state index in [9.17, 15) is 9.59 Å². The van der Waals surface area contributed by atoms with Crippen molar-refractivity contribution in [3.63, 3.8) is 0 Å². The number of fused-ring (bicyclic) bond motifs is 1. The van der Waals surface area contributed by atoms with Crippen LogP contribution in [-0.4, -0.2) is 35.1 Å². The molecule has 120 valence electrons.